The SMILES string of the molecule is O=C1C2CCCCC2C(=O)N1c1ccn(Cc2ccc(Cl)cc2)n1. The molecule has 2 atom stereocenters. The van der Waals surface area contributed by atoms with Crippen LogP contribution < -0.4 is 4.90 Å². The van der Waals surface area contributed by atoms with E-state index in [2.05, 4.69) is 5.10 Å². The van der Waals surface area contributed by atoms with E-state index in [4.69, 9.17) is 11.6 Å². The molecule has 24 heavy (non-hydrogen) atoms. The van der Waals surface area contributed by atoms with Crippen LogP contribution in [0.15, 0.2) is 36.5 Å². The molecule has 0 bridgehead atoms. The molecule has 2 aliphatic rings. The van der Waals surface area contributed by atoms with E-state index in [9.17, 15) is 9.59 Å². The number of anilines is 1. The van der Waals surface area contributed by atoms with Gasteiger partial charge in [-0.2, -0.15) is 5.10 Å². The Hall–Kier alpha value is -2.14. The average Bonchev–Trinajstić information content (AvgIpc) is 3.14. The number of amides is 2. The Morgan fingerprint density at radius 1 is 1.00 bits per heavy atom. The second-order valence-corrected chi connectivity index (χ2v) is 6.94. The average molecular weight is 344 g/mol. The van der Waals surface area contributed by atoms with Crippen LogP contribution in [0.2, 0.25) is 5.02 Å². The fourth-order valence-electron chi connectivity index (χ4n) is 3.72. The highest BCUT2D eigenvalue weighted by molar-refractivity contribution is 6.30. The largest absolute Gasteiger partial charge is 0.274 e. The third-order valence-electron chi connectivity index (χ3n) is 4.95. The minimum Gasteiger partial charge on any atom is -0.274 e. The summed E-state index contributed by atoms with van der Waals surface area (Å²) in [5, 5.41) is 5.13. The monoisotopic (exact) mass is 343 g/mol. The fraction of sp³-hybridized carbons (Fsp3) is 0.389. The van der Waals surface area contributed by atoms with E-state index in [1.54, 1.807) is 16.9 Å². The highest BCUT2D eigenvalue weighted by atomic mass is 35.5. The molecule has 2 heterocycles. The molecule has 4 rings (SSSR count). The van der Waals surface area contributed by atoms with Crippen LogP contribution in [-0.4, -0.2) is 21.6 Å². The molecule has 5 nitrogen and oxygen atoms in total. The van der Waals surface area contributed by atoms with Gasteiger partial charge in [0.05, 0.1) is 18.4 Å². The molecule has 1 saturated heterocycles. The smallest absolute Gasteiger partial charge is 0.238 e. The van der Waals surface area contributed by atoms with Gasteiger partial charge in [-0.3, -0.25) is 14.3 Å². The zero-order valence-electron chi connectivity index (χ0n) is 13.2. The number of nitrogens with zero attached hydrogens (tertiary/aromatic N) is 3. The van der Waals surface area contributed by atoms with E-state index in [0.29, 0.717) is 17.4 Å². The van der Waals surface area contributed by atoms with Gasteiger partial charge < -0.3 is 0 Å². The number of rotatable bonds is 3. The van der Waals surface area contributed by atoms with Crippen molar-refractivity contribution in [1.29, 1.82) is 0 Å². The van der Waals surface area contributed by atoms with Gasteiger partial charge in [-0.05, 0) is 30.5 Å². The summed E-state index contributed by atoms with van der Waals surface area (Å²) in [6.45, 7) is 0.570. The van der Waals surface area contributed by atoms with Gasteiger partial charge in [0, 0.05) is 17.3 Å². The minimum absolute atomic E-state index is 0.0820. The summed E-state index contributed by atoms with van der Waals surface area (Å²) in [5.41, 5.74) is 1.06. The van der Waals surface area contributed by atoms with Gasteiger partial charge in [-0.25, -0.2) is 4.90 Å². The van der Waals surface area contributed by atoms with Crippen LogP contribution in [0.4, 0.5) is 5.82 Å². The van der Waals surface area contributed by atoms with E-state index in [0.717, 1.165) is 31.2 Å². The van der Waals surface area contributed by atoms with Crippen LogP contribution in [0.3, 0.4) is 0 Å². The quantitative estimate of drug-likeness (QED) is 0.804. The fourth-order valence-corrected chi connectivity index (χ4v) is 3.85. The van der Waals surface area contributed by atoms with Crippen LogP contribution in [0.25, 0.3) is 0 Å². The number of hydrogen-bond donors (Lipinski definition) is 0. The summed E-state index contributed by atoms with van der Waals surface area (Å²) >= 11 is 5.89. The maximum atomic E-state index is 12.6. The second-order valence-electron chi connectivity index (χ2n) is 6.51. The minimum atomic E-state index is -0.146. The Balaban J connectivity index is 1.55. The highest BCUT2D eigenvalue weighted by Gasteiger charge is 2.49. The number of carbonyl (C=O) groups is 2. The first-order valence-corrected chi connectivity index (χ1v) is 8.67. The molecule has 2 amide bonds. The van der Waals surface area contributed by atoms with Gasteiger partial charge >= 0.3 is 0 Å². The number of benzene rings is 1. The molecule has 1 aliphatic carbocycles. The summed E-state index contributed by atoms with van der Waals surface area (Å²) in [6, 6.07) is 9.27. The predicted molar refractivity (Wildman–Crippen MR) is 90.7 cm³/mol. The molecule has 1 aromatic heterocycles. The van der Waals surface area contributed by atoms with Crippen LogP contribution in [0.5, 0.6) is 0 Å². The number of fused-ring (bicyclic) bond motifs is 1. The molecule has 1 aromatic carbocycles. The first-order chi connectivity index (χ1) is 11.6. The van der Waals surface area contributed by atoms with E-state index in [1.807, 2.05) is 24.3 Å². The van der Waals surface area contributed by atoms with Gasteiger partial charge in [0.1, 0.15) is 0 Å². The van der Waals surface area contributed by atoms with E-state index < -0.39 is 0 Å². The van der Waals surface area contributed by atoms with Crippen molar-refractivity contribution in [2.45, 2.75) is 32.2 Å². The Bertz CT molecular complexity index is 760. The molecule has 1 saturated carbocycles. The van der Waals surface area contributed by atoms with Gasteiger partial charge in [0.25, 0.3) is 0 Å². The van der Waals surface area contributed by atoms with Crippen molar-refractivity contribution >= 4 is 29.2 Å². The zero-order valence-corrected chi connectivity index (χ0v) is 13.9. The first-order valence-electron chi connectivity index (χ1n) is 8.29. The molecule has 6 heteroatoms. The third-order valence-corrected chi connectivity index (χ3v) is 5.21. The molecular formula is C18H18ClN3O2. The topological polar surface area (TPSA) is 55.2 Å². The molecule has 1 aliphatic heterocycles. The summed E-state index contributed by atoms with van der Waals surface area (Å²) in [4.78, 5) is 26.5. The predicted octanol–water partition coefficient (Wildman–Crippen LogP) is 3.26. The molecular weight excluding hydrogens is 326 g/mol. The lowest BCUT2D eigenvalue weighted by atomic mass is 9.81. The van der Waals surface area contributed by atoms with E-state index in [-0.39, 0.29) is 23.7 Å². The number of halogens is 1. The van der Waals surface area contributed by atoms with Crippen molar-refractivity contribution < 1.29 is 9.59 Å². The maximum absolute atomic E-state index is 12.6. The summed E-state index contributed by atoms with van der Waals surface area (Å²) in [6.07, 6.45) is 5.49. The number of imide groups is 1. The van der Waals surface area contributed by atoms with Crippen molar-refractivity contribution in [2.75, 3.05) is 4.90 Å². The Morgan fingerprint density at radius 3 is 2.25 bits per heavy atom. The molecule has 0 radical (unpaired) electrons. The van der Waals surface area contributed by atoms with Crippen molar-refractivity contribution in [3.8, 4) is 0 Å². The number of carbonyl (C=O) groups excluding carboxylic acids is 2. The van der Waals surface area contributed by atoms with Crippen molar-refractivity contribution in [1.82, 2.24) is 9.78 Å². The lowest BCUT2D eigenvalue weighted by Crippen LogP contribution is -2.31. The summed E-state index contributed by atoms with van der Waals surface area (Å²) in [5.74, 6) is -0.0171. The van der Waals surface area contributed by atoms with Crippen molar-refractivity contribution in [2.24, 2.45) is 11.8 Å². The number of hydrogen-bond acceptors (Lipinski definition) is 3. The Labute approximate surface area is 145 Å². The Morgan fingerprint density at radius 2 is 1.62 bits per heavy atom. The normalized spacial score (nSPS) is 23.6. The van der Waals surface area contributed by atoms with Gasteiger partial charge in [0.2, 0.25) is 11.8 Å². The lowest BCUT2D eigenvalue weighted by molar-refractivity contribution is -0.122. The van der Waals surface area contributed by atoms with Crippen molar-refractivity contribution in [3.63, 3.8) is 0 Å². The molecule has 124 valence electrons. The summed E-state index contributed by atoms with van der Waals surface area (Å²) < 4.78 is 1.74. The van der Waals surface area contributed by atoms with Crippen LogP contribution in [0, 0.1) is 11.8 Å². The van der Waals surface area contributed by atoms with E-state index in [1.165, 1.54) is 4.90 Å². The number of aromatic nitrogens is 2. The van der Waals surface area contributed by atoms with E-state index >= 15 is 0 Å². The molecule has 2 unspecified atom stereocenters. The lowest BCUT2D eigenvalue weighted by Gasteiger charge is -2.19. The highest BCUT2D eigenvalue weighted by Crippen LogP contribution is 2.39. The molecule has 2 fully saturated rings. The van der Waals surface area contributed by atoms with Crippen LogP contribution >= 0.6 is 11.6 Å². The van der Waals surface area contributed by atoms with Crippen molar-refractivity contribution in [3.05, 3.63) is 47.1 Å². The van der Waals surface area contributed by atoms with Gasteiger partial charge in [-0.15, -0.1) is 0 Å². The van der Waals surface area contributed by atoms with Gasteiger partial charge in [0.15, 0.2) is 5.82 Å². The molecule has 2 aromatic rings. The zero-order chi connectivity index (χ0) is 16.7. The molecule has 0 N–H and O–H groups in total. The standard InChI is InChI=1S/C18H18ClN3O2/c19-13-7-5-12(6-8-13)11-21-10-9-16(20-21)22-17(23)14-3-1-2-4-15(14)18(22)24/h5-10,14-15H,1-4,11H2. The first kappa shape index (κ1) is 15.4. The second kappa shape index (κ2) is 6.06. The van der Waals surface area contributed by atoms with Crippen LogP contribution in [0.1, 0.15) is 31.2 Å². The maximum Gasteiger partial charge on any atom is 0.238 e. The van der Waals surface area contributed by atoms with Gasteiger partial charge in [-0.1, -0.05) is 36.6 Å². The Kier molecular flexibility index (Phi) is 3.88. The summed E-state index contributed by atoms with van der Waals surface area (Å²) in [7, 11) is 0. The third kappa shape index (κ3) is 2.63. The molecule has 0 spiro atoms. The van der Waals surface area contributed by atoms with Crippen LogP contribution in [-0.2, 0) is 16.1 Å².